The zero-order valence-corrected chi connectivity index (χ0v) is 11.1. The SMILES string of the molecule is [F][Zr]([F])([F])[F].[H-].[Na+].[Zn]. The zero-order chi connectivity index (χ0) is 4.50. The summed E-state index contributed by atoms with van der Waals surface area (Å²) >= 11 is -7.18. The van der Waals surface area contributed by atoms with Crippen molar-refractivity contribution < 1.29 is 83.7 Å². The molecule has 0 spiro atoms. The maximum absolute atomic E-state index is 9.90. The van der Waals surface area contributed by atoms with E-state index in [4.69, 9.17) is 0 Å². The molecule has 0 aliphatic heterocycles. The Bertz CT molecular complexity index is 31.5. The van der Waals surface area contributed by atoms with Gasteiger partial charge < -0.3 is 1.43 Å². The molecule has 0 bridgehead atoms. The average Bonchev–Trinajstić information content (AvgIpc) is 0.722. The Labute approximate surface area is 82.5 Å². The van der Waals surface area contributed by atoms with Crippen LogP contribution in [0, 0.1) is 0 Å². The first-order chi connectivity index (χ1) is 2.00. The van der Waals surface area contributed by atoms with Crippen LogP contribution in [0.4, 0.5) is 10.5 Å². The third-order valence-electron chi connectivity index (χ3n) is 0. The fraction of sp³-hybridized carbons (Fsp3) is 0. The molecule has 0 unspecified atom stereocenters. The molecule has 0 rings (SSSR count). The molecule has 0 aliphatic rings. The Morgan fingerprint density at radius 2 is 1.00 bits per heavy atom. The van der Waals surface area contributed by atoms with Gasteiger partial charge in [-0.05, 0) is 0 Å². The second-order valence-corrected chi connectivity index (χ2v) is 2.54. The molecular weight excluding hydrogens is 256 g/mol. The minimum Gasteiger partial charge on any atom is -1.00 e. The molecule has 0 fully saturated rings. The van der Waals surface area contributed by atoms with E-state index in [0.29, 0.717) is 0 Å². The van der Waals surface area contributed by atoms with E-state index in [1.807, 2.05) is 0 Å². The number of hydrogen-bond donors (Lipinski definition) is 0. The van der Waals surface area contributed by atoms with Gasteiger partial charge in [-0.1, -0.05) is 0 Å². The van der Waals surface area contributed by atoms with Crippen LogP contribution in [-0.2, 0) is 42.2 Å². The molecule has 0 radical (unpaired) electrons. The van der Waals surface area contributed by atoms with Gasteiger partial charge in [0, 0.05) is 19.5 Å². The van der Waals surface area contributed by atoms with Gasteiger partial charge in [0.1, 0.15) is 0 Å². The van der Waals surface area contributed by atoms with E-state index in [1.165, 1.54) is 0 Å². The van der Waals surface area contributed by atoms with Crippen LogP contribution in [-0.4, -0.2) is 0 Å². The molecule has 0 aromatic heterocycles. The summed E-state index contributed by atoms with van der Waals surface area (Å²) < 4.78 is 39.6. The molecule has 0 N–H and O–H groups in total. The Balaban J connectivity index is -0.0000000267. The van der Waals surface area contributed by atoms with Gasteiger partial charge in [0.2, 0.25) is 0 Å². The molecule has 0 nitrogen and oxygen atoms in total. The molecule has 0 aliphatic carbocycles. The minimum atomic E-state index is -7.18. The third-order valence-corrected chi connectivity index (χ3v) is 0. The second-order valence-electron chi connectivity index (χ2n) is 0.429. The Kier molecular flexibility index (Phi) is 14.6. The van der Waals surface area contributed by atoms with E-state index in [2.05, 4.69) is 0 Å². The van der Waals surface area contributed by atoms with Crippen molar-refractivity contribution in [2.45, 2.75) is 0 Å². The van der Waals surface area contributed by atoms with Gasteiger partial charge >= 0.3 is 62.8 Å². The topological polar surface area (TPSA) is 0 Å². The zero-order valence-electron chi connectivity index (χ0n) is 4.72. The molecule has 0 aromatic carbocycles. The summed E-state index contributed by atoms with van der Waals surface area (Å²) in [7, 11) is 0. The van der Waals surface area contributed by atoms with Gasteiger partial charge in [-0.3, -0.25) is 0 Å². The number of hydrogen-bond acceptors (Lipinski definition) is 0. The molecule has 0 saturated heterocycles. The number of rotatable bonds is 0. The van der Waals surface area contributed by atoms with Crippen molar-refractivity contribution in [3.05, 3.63) is 0 Å². The van der Waals surface area contributed by atoms with Gasteiger partial charge in [0.15, 0.2) is 0 Å². The van der Waals surface area contributed by atoms with Crippen LogP contribution in [0.2, 0.25) is 0 Å². The van der Waals surface area contributed by atoms with Crippen molar-refractivity contribution in [1.82, 2.24) is 0 Å². The summed E-state index contributed by atoms with van der Waals surface area (Å²) in [4.78, 5) is 0. The fourth-order valence-corrected chi connectivity index (χ4v) is 0. The number of halogens is 4. The Morgan fingerprint density at radius 1 is 1.00 bits per heavy atom. The maximum atomic E-state index is 9.90. The van der Waals surface area contributed by atoms with Gasteiger partial charge in [-0.2, -0.15) is 0 Å². The smallest absolute Gasteiger partial charge is 1.00 e. The first-order valence-corrected chi connectivity index (χ1v) is 4.47. The van der Waals surface area contributed by atoms with Crippen LogP contribution in [0.5, 0.6) is 0 Å². The van der Waals surface area contributed by atoms with Crippen molar-refractivity contribution in [1.29, 1.82) is 0 Å². The monoisotopic (exact) mass is 254 g/mol. The predicted octanol–water partition coefficient (Wildman–Crippen LogP) is -1.21. The molecule has 36 valence electrons. The van der Waals surface area contributed by atoms with E-state index in [9.17, 15) is 10.5 Å². The van der Waals surface area contributed by atoms with Crippen molar-refractivity contribution >= 4 is 0 Å². The normalized spacial score (nSPS) is 8.57. The molecule has 0 aromatic rings. The van der Waals surface area contributed by atoms with Crippen molar-refractivity contribution in [2.24, 2.45) is 0 Å². The molecular formula is HF4NaZnZr. The van der Waals surface area contributed by atoms with Gasteiger partial charge in [0.05, 0.1) is 0 Å². The van der Waals surface area contributed by atoms with Crippen molar-refractivity contribution in [3.63, 3.8) is 0 Å². The average molecular weight is 257 g/mol. The van der Waals surface area contributed by atoms with E-state index in [0.717, 1.165) is 0 Å². The van der Waals surface area contributed by atoms with E-state index in [1.54, 1.807) is 0 Å². The van der Waals surface area contributed by atoms with Crippen LogP contribution in [0.25, 0.3) is 0 Å². The van der Waals surface area contributed by atoms with Gasteiger partial charge in [-0.15, -0.1) is 0 Å². The predicted molar refractivity (Wildman–Crippen MR) is 5.54 cm³/mol. The molecule has 0 amide bonds. The van der Waals surface area contributed by atoms with E-state index in [-0.39, 0.29) is 50.5 Å². The summed E-state index contributed by atoms with van der Waals surface area (Å²) in [6.07, 6.45) is 0. The molecule has 7 heteroatoms. The standard InChI is InChI=1S/4FH.Na.Zn.Zr.H/h4*1H;;;;/q;;;;+1;;+4;-1/p-4. The van der Waals surface area contributed by atoms with Crippen LogP contribution >= 0.6 is 0 Å². The fourth-order valence-electron chi connectivity index (χ4n) is 0. The maximum Gasteiger partial charge on any atom is 1.00 e. The first-order valence-electron chi connectivity index (χ1n) is 0.756. The Hall–Kier alpha value is 2.23. The molecule has 7 heavy (non-hydrogen) atoms. The summed E-state index contributed by atoms with van der Waals surface area (Å²) in [5.41, 5.74) is 0. The van der Waals surface area contributed by atoms with Crippen LogP contribution in [0.15, 0.2) is 0 Å². The summed E-state index contributed by atoms with van der Waals surface area (Å²) in [5, 5.41) is 0. The third kappa shape index (κ3) is 64.3. The summed E-state index contributed by atoms with van der Waals surface area (Å²) in [5.74, 6) is 0. The minimum absolute atomic E-state index is 0. The molecule has 0 atom stereocenters. The quantitative estimate of drug-likeness (QED) is 0.377. The van der Waals surface area contributed by atoms with Gasteiger partial charge in [-0.25, -0.2) is 0 Å². The van der Waals surface area contributed by atoms with Crippen LogP contribution in [0.3, 0.4) is 0 Å². The largest absolute Gasteiger partial charge is 1.00 e. The van der Waals surface area contributed by atoms with Crippen LogP contribution in [0.1, 0.15) is 1.43 Å². The van der Waals surface area contributed by atoms with Crippen molar-refractivity contribution in [3.8, 4) is 0 Å². The van der Waals surface area contributed by atoms with Gasteiger partial charge in [0.25, 0.3) is 0 Å². The second kappa shape index (κ2) is 6.35. The van der Waals surface area contributed by atoms with E-state index < -0.39 is 22.7 Å². The summed E-state index contributed by atoms with van der Waals surface area (Å²) in [6, 6.07) is 0. The first kappa shape index (κ1) is 16.1. The van der Waals surface area contributed by atoms with E-state index >= 15 is 0 Å². The molecule has 0 heterocycles. The Morgan fingerprint density at radius 3 is 1.00 bits per heavy atom. The van der Waals surface area contributed by atoms with Crippen LogP contribution < -0.4 is 29.6 Å². The summed E-state index contributed by atoms with van der Waals surface area (Å²) in [6.45, 7) is 0. The van der Waals surface area contributed by atoms with Crippen molar-refractivity contribution in [2.75, 3.05) is 0 Å². The molecule has 0 saturated carbocycles.